The molecule has 0 aromatic carbocycles. The summed E-state index contributed by atoms with van der Waals surface area (Å²) < 4.78 is 34.7. The number of nitrogens with zero attached hydrogens (tertiary/aromatic N) is 1. The maximum atomic E-state index is 12.7. The number of allylic oxidation sites excluding steroid dienone is 6. The second kappa shape index (κ2) is 45.3. The lowest BCUT2D eigenvalue weighted by molar-refractivity contribution is -0.870. The Morgan fingerprint density at radius 1 is 0.508 bits per heavy atom. The summed E-state index contributed by atoms with van der Waals surface area (Å²) in [5.41, 5.74) is 0. The molecule has 0 N–H and O–H groups in total. The fourth-order valence-electron chi connectivity index (χ4n) is 7.16. The minimum absolute atomic E-state index is 0.0252. The van der Waals surface area contributed by atoms with Gasteiger partial charge >= 0.3 is 5.97 Å². The third kappa shape index (κ3) is 49.6. The highest BCUT2D eigenvalue weighted by Gasteiger charge is 2.20. The number of quaternary nitrogens is 1. The van der Waals surface area contributed by atoms with Crippen LogP contribution in [0.1, 0.15) is 232 Å². The first-order chi connectivity index (χ1) is 29.6. The molecule has 8 nitrogen and oxygen atoms in total. The molecule has 9 heteroatoms. The van der Waals surface area contributed by atoms with Gasteiger partial charge in [0.2, 0.25) is 0 Å². The Morgan fingerprint density at radius 3 is 1.36 bits per heavy atom. The molecule has 61 heavy (non-hydrogen) atoms. The molecule has 0 aliphatic rings. The third-order valence-electron chi connectivity index (χ3n) is 11.2. The zero-order valence-electron chi connectivity index (χ0n) is 40.9. The topological polar surface area (TPSA) is 94.1 Å². The first kappa shape index (κ1) is 59.7. The van der Waals surface area contributed by atoms with E-state index >= 15 is 0 Å². The number of rotatable bonds is 48. The van der Waals surface area contributed by atoms with E-state index in [2.05, 4.69) is 50.3 Å². The Balaban J connectivity index is 4.04. The number of carbonyl (C=O) groups excluding carboxylic acids is 1. The summed E-state index contributed by atoms with van der Waals surface area (Å²) in [6.45, 7) is 5.40. The van der Waals surface area contributed by atoms with Crippen LogP contribution in [0.3, 0.4) is 0 Å². The summed E-state index contributed by atoms with van der Waals surface area (Å²) in [6.07, 6.45) is 54.6. The van der Waals surface area contributed by atoms with E-state index in [9.17, 15) is 14.3 Å². The lowest BCUT2D eigenvalue weighted by Crippen LogP contribution is -2.37. The molecule has 0 saturated carbocycles. The van der Waals surface area contributed by atoms with Gasteiger partial charge in [0, 0.05) is 13.0 Å². The van der Waals surface area contributed by atoms with Crippen molar-refractivity contribution in [3.05, 3.63) is 36.5 Å². The Morgan fingerprint density at radius 2 is 0.902 bits per heavy atom. The van der Waals surface area contributed by atoms with Gasteiger partial charge in [-0.3, -0.25) is 9.36 Å². The lowest BCUT2D eigenvalue weighted by Gasteiger charge is -2.28. The van der Waals surface area contributed by atoms with Gasteiger partial charge < -0.3 is 27.9 Å². The zero-order valence-corrected chi connectivity index (χ0v) is 41.8. The molecule has 0 rings (SSSR count). The Labute approximate surface area is 378 Å². The summed E-state index contributed by atoms with van der Waals surface area (Å²) >= 11 is 0. The van der Waals surface area contributed by atoms with Gasteiger partial charge in [0.05, 0.1) is 34.4 Å². The van der Waals surface area contributed by atoms with Crippen molar-refractivity contribution in [1.82, 2.24) is 0 Å². The van der Waals surface area contributed by atoms with E-state index in [4.69, 9.17) is 18.5 Å². The number of ether oxygens (including phenoxy) is 2. The molecular weight excluding hydrogens is 782 g/mol. The number of hydrogen-bond acceptors (Lipinski definition) is 7. The predicted octanol–water partition coefficient (Wildman–Crippen LogP) is 15.1. The van der Waals surface area contributed by atoms with Crippen LogP contribution in [0, 0.1) is 0 Å². The predicted molar refractivity (Wildman–Crippen MR) is 259 cm³/mol. The number of hydrogen-bond donors (Lipinski definition) is 0. The van der Waals surface area contributed by atoms with Crippen molar-refractivity contribution < 1.29 is 37.3 Å². The highest BCUT2D eigenvalue weighted by atomic mass is 31.2. The number of unbranched alkanes of at least 4 members (excludes halogenated alkanes) is 28. The molecule has 0 aliphatic carbocycles. The van der Waals surface area contributed by atoms with Crippen molar-refractivity contribution in [2.75, 3.05) is 54.1 Å². The molecule has 0 spiro atoms. The fourth-order valence-corrected chi connectivity index (χ4v) is 7.89. The Hall–Kier alpha value is -1.28. The van der Waals surface area contributed by atoms with Crippen LogP contribution in [0.5, 0.6) is 0 Å². The van der Waals surface area contributed by atoms with Crippen LogP contribution in [-0.4, -0.2) is 70.7 Å². The first-order valence-electron chi connectivity index (χ1n) is 25.7. The quantitative estimate of drug-likeness (QED) is 0.0197. The average molecular weight is 882 g/mol. The molecule has 0 saturated heterocycles. The molecule has 360 valence electrons. The SMILES string of the molecule is CCCCCC/C=C\CCCCCCCC(=O)OC(COCCCCCCCCCCCCCCCC/C=C\C/C=C\CCCCCCC)COP(=O)([O-])OCC[N+](C)(C)C. The van der Waals surface area contributed by atoms with Crippen LogP contribution in [0.25, 0.3) is 0 Å². The van der Waals surface area contributed by atoms with E-state index in [1.165, 1.54) is 161 Å². The Bertz CT molecular complexity index is 1070. The van der Waals surface area contributed by atoms with Crippen molar-refractivity contribution in [1.29, 1.82) is 0 Å². The molecular formula is C52H100NO7P. The van der Waals surface area contributed by atoms with Gasteiger partial charge in [-0.25, -0.2) is 0 Å². The molecule has 0 aromatic rings. The first-order valence-corrected chi connectivity index (χ1v) is 27.2. The maximum absolute atomic E-state index is 12.7. The molecule has 2 unspecified atom stereocenters. The normalized spacial score (nSPS) is 13.9. The van der Waals surface area contributed by atoms with E-state index in [0.29, 0.717) is 24.1 Å². The molecule has 0 aromatic heterocycles. The molecule has 0 radical (unpaired) electrons. The van der Waals surface area contributed by atoms with Gasteiger partial charge in [-0.1, -0.05) is 192 Å². The third-order valence-corrected chi connectivity index (χ3v) is 12.1. The molecule has 0 bridgehead atoms. The van der Waals surface area contributed by atoms with E-state index in [0.717, 1.165) is 51.4 Å². The van der Waals surface area contributed by atoms with Crippen LogP contribution in [0.15, 0.2) is 36.5 Å². The molecule has 0 aliphatic heterocycles. The molecule has 2 atom stereocenters. The van der Waals surface area contributed by atoms with Gasteiger partial charge in [-0.15, -0.1) is 0 Å². The summed E-state index contributed by atoms with van der Waals surface area (Å²) in [4.78, 5) is 25.1. The fraction of sp³-hybridized carbons (Fsp3) is 0.865. The van der Waals surface area contributed by atoms with Crippen LogP contribution in [0.4, 0.5) is 0 Å². The van der Waals surface area contributed by atoms with Crippen molar-refractivity contribution in [3.63, 3.8) is 0 Å². The summed E-state index contributed by atoms with van der Waals surface area (Å²) in [6, 6.07) is 0. The lowest BCUT2D eigenvalue weighted by atomic mass is 10.0. The van der Waals surface area contributed by atoms with Gasteiger partial charge in [0.1, 0.15) is 19.3 Å². The smallest absolute Gasteiger partial charge is 0.306 e. The van der Waals surface area contributed by atoms with Gasteiger partial charge in [-0.05, 0) is 70.6 Å². The van der Waals surface area contributed by atoms with Crippen molar-refractivity contribution in [3.8, 4) is 0 Å². The van der Waals surface area contributed by atoms with E-state index < -0.39 is 13.9 Å². The van der Waals surface area contributed by atoms with Gasteiger partial charge in [0.25, 0.3) is 7.82 Å². The largest absolute Gasteiger partial charge is 0.756 e. The highest BCUT2D eigenvalue weighted by molar-refractivity contribution is 7.45. The highest BCUT2D eigenvalue weighted by Crippen LogP contribution is 2.38. The van der Waals surface area contributed by atoms with Crippen LogP contribution >= 0.6 is 7.82 Å². The monoisotopic (exact) mass is 882 g/mol. The summed E-state index contributed by atoms with van der Waals surface area (Å²) in [7, 11) is 1.36. The maximum Gasteiger partial charge on any atom is 0.306 e. The number of phosphoric acid groups is 1. The standard InChI is InChI=1S/C52H100NO7P/c1-6-8-10-12-14-16-18-20-21-22-23-24-25-26-27-28-29-30-31-32-34-36-38-40-42-44-47-57-49-51(50-59-61(55,56)58-48-46-53(3,4)5)60-52(54)45-43-41-39-37-35-33-19-17-15-13-11-9-7-2/h17-20,22-23,51H,6-16,21,24-50H2,1-5H3/b19-17-,20-18-,23-22-. The Kier molecular flexibility index (Phi) is 44.3. The van der Waals surface area contributed by atoms with Crippen molar-refractivity contribution in [2.45, 2.75) is 238 Å². The van der Waals surface area contributed by atoms with Crippen molar-refractivity contribution in [2.24, 2.45) is 0 Å². The zero-order chi connectivity index (χ0) is 44.8. The van der Waals surface area contributed by atoms with Crippen LogP contribution in [0.2, 0.25) is 0 Å². The summed E-state index contributed by atoms with van der Waals surface area (Å²) in [5, 5.41) is 0. The molecule has 0 amide bonds. The van der Waals surface area contributed by atoms with Crippen LogP contribution < -0.4 is 4.89 Å². The minimum Gasteiger partial charge on any atom is -0.756 e. The van der Waals surface area contributed by atoms with Gasteiger partial charge in [-0.2, -0.15) is 0 Å². The average Bonchev–Trinajstić information content (AvgIpc) is 3.22. The molecule has 0 heterocycles. The van der Waals surface area contributed by atoms with E-state index in [1.54, 1.807) is 0 Å². The molecule has 0 fully saturated rings. The number of carbonyl (C=O) groups is 1. The van der Waals surface area contributed by atoms with E-state index in [-0.39, 0.29) is 25.8 Å². The number of esters is 1. The van der Waals surface area contributed by atoms with Crippen molar-refractivity contribution >= 4 is 13.8 Å². The van der Waals surface area contributed by atoms with Crippen LogP contribution in [-0.2, 0) is 27.9 Å². The second-order valence-electron chi connectivity index (χ2n) is 18.5. The minimum atomic E-state index is -4.53. The van der Waals surface area contributed by atoms with Gasteiger partial charge in [0.15, 0.2) is 0 Å². The van der Waals surface area contributed by atoms with E-state index in [1.807, 2.05) is 21.1 Å². The number of phosphoric ester groups is 1. The second-order valence-corrected chi connectivity index (χ2v) is 19.9. The summed E-state index contributed by atoms with van der Waals surface area (Å²) in [5.74, 6) is -0.341. The number of likely N-dealkylation sites (N-methyl/N-ethyl adjacent to an activating group) is 1.